The number of rotatable bonds is 10. The molecule has 0 saturated carbocycles. The Bertz CT molecular complexity index is 1130. The van der Waals surface area contributed by atoms with Crippen LogP contribution in [0.4, 0.5) is 0 Å². The predicted octanol–water partition coefficient (Wildman–Crippen LogP) is 4.55. The molecule has 4 rings (SSSR count). The van der Waals surface area contributed by atoms with E-state index in [9.17, 15) is 14.4 Å². The third-order valence-electron chi connectivity index (χ3n) is 6.17. The summed E-state index contributed by atoms with van der Waals surface area (Å²) < 4.78 is 5.11. The van der Waals surface area contributed by atoms with Crippen molar-refractivity contribution in [3.63, 3.8) is 0 Å². The minimum atomic E-state index is -0.141. The average molecular weight is 512 g/mol. The van der Waals surface area contributed by atoms with Crippen molar-refractivity contribution in [2.45, 2.75) is 38.0 Å². The highest BCUT2D eigenvalue weighted by atomic mass is 32.1. The second-order valence-electron chi connectivity index (χ2n) is 8.46. The standard InChI is InChI=1S/C26H29N3O4S2/c1-33-20-6-4-18(5-7-20)23(30)8-9-24(31)29-14-11-19(12-15-29)26-28-22(17-35-26)25(32)27-13-10-21-3-2-16-34-21/h2-7,16-17,19H,8-15H2,1H3,(H,27,32). The molecule has 1 saturated heterocycles. The van der Waals surface area contributed by atoms with Crippen molar-refractivity contribution in [3.8, 4) is 5.75 Å². The van der Waals surface area contributed by atoms with Crippen LogP contribution in [0.1, 0.15) is 62.3 Å². The van der Waals surface area contributed by atoms with Crippen molar-refractivity contribution in [1.29, 1.82) is 0 Å². The van der Waals surface area contributed by atoms with Crippen molar-refractivity contribution >= 4 is 40.3 Å². The van der Waals surface area contributed by atoms with E-state index in [4.69, 9.17) is 4.74 Å². The maximum atomic E-state index is 12.6. The van der Waals surface area contributed by atoms with Crippen LogP contribution in [0, 0.1) is 0 Å². The number of amides is 2. The lowest BCUT2D eigenvalue weighted by Crippen LogP contribution is -2.38. The Morgan fingerprint density at radius 2 is 1.86 bits per heavy atom. The third kappa shape index (κ3) is 6.76. The lowest BCUT2D eigenvalue weighted by Gasteiger charge is -2.31. The minimum Gasteiger partial charge on any atom is -0.497 e. The van der Waals surface area contributed by atoms with Crippen molar-refractivity contribution in [2.24, 2.45) is 0 Å². The zero-order valence-corrected chi connectivity index (χ0v) is 21.3. The number of carbonyl (C=O) groups is 3. The topological polar surface area (TPSA) is 88.6 Å². The number of nitrogens with one attached hydrogen (secondary N) is 1. The van der Waals surface area contributed by atoms with Gasteiger partial charge in [0.15, 0.2) is 5.78 Å². The molecule has 0 spiro atoms. The van der Waals surface area contributed by atoms with Crippen LogP contribution < -0.4 is 10.1 Å². The fourth-order valence-electron chi connectivity index (χ4n) is 4.10. The fourth-order valence-corrected chi connectivity index (χ4v) is 5.78. The molecule has 3 aromatic rings. The molecule has 1 aliphatic heterocycles. The molecule has 0 aliphatic carbocycles. The van der Waals surface area contributed by atoms with Crippen LogP contribution in [0.2, 0.25) is 0 Å². The van der Waals surface area contributed by atoms with Gasteiger partial charge in [0, 0.05) is 54.2 Å². The lowest BCUT2D eigenvalue weighted by atomic mass is 9.97. The number of likely N-dealkylation sites (tertiary alicyclic amines) is 1. The van der Waals surface area contributed by atoms with Gasteiger partial charge in [-0.25, -0.2) is 4.98 Å². The number of hydrogen-bond acceptors (Lipinski definition) is 7. The van der Waals surface area contributed by atoms with Gasteiger partial charge in [0.05, 0.1) is 12.1 Å². The minimum absolute atomic E-state index is 0.00950. The Morgan fingerprint density at radius 1 is 1.09 bits per heavy atom. The monoisotopic (exact) mass is 511 g/mol. The maximum absolute atomic E-state index is 12.6. The average Bonchev–Trinajstić information content (AvgIpc) is 3.60. The molecular weight excluding hydrogens is 482 g/mol. The summed E-state index contributed by atoms with van der Waals surface area (Å²) in [6.45, 7) is 1.87. The van der Waals surface area contributed by atoms with E-state index in [0.29, 0.717) is 36.6 Å². The number of nitrogens with zero attached hydrogens (tertiary/aromatic N) is 2. The first-order chi connectivity index (χ1) is 17.0. The van der Waals surface area contributed by atoms with Crippen LogP contribution in [0.25, 0.3) is 0 Å². The Kier molecular flexibility index (Phi) is 8.65. The Morgan fingerprint density at radius 3 is 2.54 bits per heavy atom. The highest BCUT2D eigenvalue weighted by molar-refractivity contribution is 7.10. The first-order valence-electron chi connectivity index (χ1n) is 11.7. The van der Waals surface area contributed by atoms with Crippen LogP contribution in [0.15, 0.2) is 47.2 Å². The first-order valence-corrected chi connectivity index (χ1v) is 13.5. The Hall–Kier alpha value is -3.04. The van der Waals surface area contributed by atoms with E-state index in [1.165, 1.54) is 16.2 Å². The van der Waals surface area contributed by atoms with Crippen LogP contribution in [-0.4, -0.2) is 54.2 Å². The summed E-state index contributed by atoms with van der Waals surface area (Å²) in [4.78, 5) is 45.1. The van der Waals surface area contributed by atoms with Gasteiger partial charge in [-0.05, 0) is 55.0 Å². The van der Waals surface area contributed by atoms with Gasteiger partial charge in [-0.15, -0.1) is 22.7 Å². The predicted molar refractivity (Wildman–Crippen MR) is 138 cm³/mol. The maximum Gasteiger partial charge on any atom is 0.270 e. The molecule has 1 N–H and O–H groups in total. The van der Waals surface area contributed by atoms with Gasteiger partial charge < -0.3 is 15.0 Å². The van der Waals surface area contributed by atoms with E-state index >= 15 is 0 Å². The third-order valence-corrected chi connectivity index (χ3v) is 8.11. The van der Waals surface area contributed by atoms with Gasteiger partial charge in [-0.3, -0.25) is 14.4 Å². The van der Waals surface area contributed by atoms with Gasteiger partial charge in [0.2, 0.25) is 5.91 Å². The number of thiazole rings is 1. The molecule has 1 aromatic carbocycles. The van der Waals surface area contributed by atoms with Crippen LogP contribution in [-0.2, 0) is 11.2 Å². The number of hydrogen-bond donors (Lipinski definition) is 1. The van der Waals surface area contributed by atoms with E-state index in [2.05, 4.69) is 16.4 Å². The largest absolute Gasteiger partial charge is 0.497 e. The second-order valence-corrected chi connectivity index (χ2v) is 10.4. The van der Waals surface area contributed by atoms with E-state index in [-0.39, 0.29) is 36.4 Å². The van der Waals surface area contributed by atoms with E-state index in [1.807, 2.05) is 21.7 Å². The quantitative estimate of drug-likeness (QED) is 0.403. The number of methoxy groups -OCH3 is 1. The number of ether oxygens (including phenoxy) is 1. The zero-order valence-electron chi connectivity index (χ0n) is 19.7. The molecule has 35 heavy (non-hydrogen) atoms. The molecule has 1 fully saturated rings. The SMILES string of the molecule is COc1ccc(C(=O)CCC(=O)N2CCC(c3nc(C(=O)NCCc4cccs4)cs3)CC2)cc1. The van der Waals surface area contributed by atoms with Crippen LogP contribution >= 0.6 is 22.7 Å². The molecule has 2 amide bonds. The second kappa shape index (κ2) is 12.1. The van der Waals surface area contributed by atoms with Crippen molar-refractivity contribution in [1.82, 2.24) is 15.2 Å². The van der Waals surface area contributed by atoms with Crippen LogP contribution in [0.3, 0.4) is 0 Å². The fraction of sp³-hybridized carbons (Fsp3) is 0.385. The Balaban J connectivity index is 1.19. The summed E-state index contributed by atoms with van der Waals surface area (Å²) in [5.74, 6) is 0.772. The zero-order chi connectivity index (χ0) is 24.6. The molecule has 7 nitrogen and oxygen atoms in total. The van der Waals surface area contributed by atoms with Gasteiger partial charge in [0.1, 0.15) is 11.4 Å². The summed E-state index contributed by atoms with van der Waals surface area (Å²) in [7, 11) is 1.58. The van der Waals surface area contributed by atoms with Gasteiger partial charge in [-0.2, -0.15) is 0 Å². The highest BCUT2D eigenvalue weighted by Gasteiger charge is 2.26. The number of benzene rings is 1. The molecule has 0 radical (unpaired) electrons. The van der Waals surface area contributed by atoms with E-state index < -0.39 is 0 Å². The van der Waals surface area contributed by atoms with E-state index in [1.54, 1.807) is 42.7 Å². The summed E-state index contributed by atoms with van der Waals surface area (Å²) in [5, 5.41) is 7.75. The Labute approximate surface area is 213 Å². The van der Waals surface area contributed by atoms with Crippen LogP contribution in [0.5, 0.6) is 5.75 Å². The van der Waals surface area contributed by atoms with Gasteiger partial charge in [0.25, 0.3) is 5.91 Å². The van der Waals surface area contributed by atoms with Crippen molar-refractivity contribution in [2.75, 3.05) is 26.7 Å². The summed E-state index contributed by atoms with van der Waals surface area (Å²) >= 11 is 3.20. The number of aromatic nitrogens is 1. The number of thiophene rings is 1. The van der Waals surface area contributed by atoms with Crippen molar-refractivity contribution in [3.05, 3.63) is 68.3 Å². The molecule has 3 heterocycles. The van der Waals surface area contributed by atoms with E-state index in [0.717, 1.165) is 24.3 Å². The highest BCUT2D eigenvalue weighted by Crippen LogP contribution is 2.30. The number of ketones is 1. The molecule has 2 aromatic heterocycles. The summed E-state index contributed by atoms with van der Waals surface area (Å²) in [5.41, 5.74) is 1.05. The molecule has 0 bridgehead atoms. The number of carbonyl (C=O) groups excluding carboxylic acids is 3. The van der Waals surface area contributed by atoms with Gasteiger partial charge in [-0.1, -0.05) is 6.07 Å². The molecule has 0 atom stereocenters. The van der Waals surface area contributed by atoms with Crippen molar-refractivity contribution < 1.29 is 19.1 Å². The summed E-state index contributed by atoms with van der Waals surface area (Å²) in [6, 6.07) is 11.0. The molecule has 184 valence electrons. The smallest absolute Gasteiger partial charge is 0.270 e. The number of piperidine rings is 1. The van der Waals surface area contributed by atoms with Gasteiger partial charge >= 0.3 is 0 Å². The number of Topliss-reactive ketones (excluding diaryl/α,β-unsaturated/α-hetero) is 1. The molecule has 0 unspecified atom stereocenters. The summed E-state index contributed by atoms with van der Waals surface area (Å²) in [6.07, 6.45) is 2.85. The normalized spacial score (nSPS) is 14.0. The first kappa shape index (κ1) is 25.1. The molecule has 9 heteroatoms. The lowest BCUT2D eigenvalue weighted by molar-refractivity contribution is -0.132. The molecule has 1 aliphatic rings. The molecular formula is C26H29N3O4S2.